The number of ether oxygens (including phenoxy) is 1. The molecule has 0 bridgehead atoms. The highest BCUT2D eigenvalue weighted by atomic mass is 16.5. The zero-order valence-corrected chi connectivity index (χ0v) is 12.3. The number of pyridine rings is 1. The van der Waals surface area contributed by atoms with E-state index in [2.05, 4.69) is 15.0 Å². The largest absolute Gasteiger partial charge is 0.497 e. The molecule has 3 rings (SSSR count). The molecule has 0 saturated carbocycles. The van der Waals surface area contributed by atoms with Crippen molar-refractivity contribution in [3.63, 3.8) is 0 Å². The maximum Gasteiger partial charge on any atom is 0.222 e. The van der Waals surface area contributed by atoms with E-state index in [9.17, 15) is 0 Å². The minimum absolute atomic E-state index is 0.142. The summed E-state index contributed by atoms with van der Waals surface area (Å²) in [6.07, 6.45) is 0. The van der Waals surface area contributed by atoms with Crippen LogP contribution in [-0.4, -0.2) is 29.1 Å². The van der Waals surface area contributed by atoms with Crippen molar-refractivity contribution >= 4 is 34.3 Å². The number of aromatic nitrogens is 3. The smallest absolute Gasteiger partial charge is 0.222 e. The molecule has 7 heteroatoms. The van der Waals surface area contributed by atoms with Crippen LogP contribution in [0, 0.1) is 0 Å². The van der Waals surface area contributed by atoms with Crippen LogP contribution in [0.5, 0.6) is 5.75 Å². The first-order chi connectivity index (χ1) is 10.6. The van der Waals surface area contributed by atoms with E-state index in [1.807, 2.05) is 48.3 Å². The standard InChI is InChI=1S/C15H16N6O/c1-21(9-3-5-10(22-2)6-4-9)12-8-7-11-13(19-12)14(16)20-15(17)18-11/h3-8H,1-2H3,(H4,16,17,18,20). The summed E-state index contributed by atoms with van der Waals surface area (Å²) in [6, 6.07) is 11.4. The van der Waals surface area contributed by atoms with Crippen LogP contribution in [0.3, 0.4) is 0 Å². The van der Waals surface area contributed by atoms with Gasteiger partial charge in [0.15, 0.2) is 5.82 Å². The molecule has 0 unspecified atom stereocenters. The number of rotatable bonds is 3. The first-order valence-electron chi connectivity index (χ1n) is 6.66. The van der Waals surface area contributed by atoms with E-state index in [4.69, 9.17) is 16.2 Å². The van der Waals surface area contributed by atoms with Crippen molar-refractivity contribution in [2.45, 2.75) is 0 Å². The zero-order valence-electron chi connectivity index (χ0n) is 12.3. The van der Waals surface area contributed by atoms with Gasteiger partial charge < -0.3 is 21.1 Å². The van der Waals surface area contributed by atoms with Crippen LogP contribution in [0.4, 0.5) is 23.3 Å². The lowest BCUT2D eigenvalue weighted by Gasteiger charge is -2.19. The van der Waals surface area contributed by atoms with Gasteiger partial charge in [-0.1, -0.05) is 0 Å². The number of hydrogen-bond donors (Lipinski definition) is 2. The van der Waals surface area contributed by atoms with Crippen LogP contribution in [0.1, 0.15) is 0 Å². The SMILES string of the molecule is COc1ccc(N(C)c2ccc3nc(N)nc(N)c3n2)cc1. The first kappa shape index (κ1) is 13.9. The third-order valence-electron chi connectivity index (χ3n) is 3.38. The Morgan fingerprint density at radius 3 is 2.36 bits per heavy atom. The van der Waals surface area contributed by atoms with E-state index in [0.717, 1.165) is 17.3 Å². The third-order valence-corrected chi connectivity index (χ3v) is 3.38. The Morgan fingerprint density at radius 2 is 1.68 bits per heavy atom. The highest BCUT2D eigenvalue weighted by molar-refractivity contribution is 5.86. The van der Waals surface area contributed by atoms with Gasteiger partial charge in [-0.25, -0.2) is 9.97 Å². The number of fused-ring (bicyclic) bond motifs is 1. The summed E-state index contributed by atoms with van der Waals surface area (Å²) in [5.74, 6) is 1.95. The monoisotopic (exact) mass is 296 g/mol. The first-order valence-corrected chi connectivity index (χ1v) is 6.66. The average Bonchev–Trinajstić information content (AvgIpc) is 2.54. The Balaban J connectivity index is 2.01. The molecule has 7 nitrogen and oxygen atoms in total. The van der Waals surface area contributed by atoms with Crippen LogP contribution in [-0.2, 0) is 0 Å². The Labute approximate surface area is 127 Å². The van der Waals surface area contributed by atoms with Crippen molar-refractivity contribution in [2.24, 2.45) is 0 Å². The highest BCUT2D eigenvalue weighted by Gasteiger charge is 2.10. The molecule has 0 aliphatic carbocycles. The molecule has 1 aromatic carbocycles. The van der Waals surface area contributed by atoms with Crippen LogP contribution in [0.15, 0.2) is 36.4 Å². The fourth-order valence-corrected chi connectivity index (χ4v) is 2.17. The van der Waals surface area contributed by atoms with Gasteiger partial charge >= 0.3 is 0 Å². The summed E-state index contributed by atoms with van der Waals surface area (Å²) in [6.45, 7) is 0. The Morgan fingerprint density at radius 1 is 0.955 bits per heavy atom. The van der Waals surface area contributed by atoms with Gasteiger partial charge in [0.2, 0.25) is 5.95 Å². The van der Waals surface area contributed by atoms with Gasteiger partial charge in [-0.05, 0) is 36.4 Å². The Hall–Kier alpha value is -3.09. The van der Waals surface area contributed by atoms with E-state index in [1.165, 1.54) is 0 Å². The number of methoxy groups -OCH3 is 1. The highest BCUT2D eigenvalue weighted by Crippen LogP contribution is 2.26. The molecule has 22 heavy (non-hydrogen) atoms. The van der Waals surface area contributed by atoms with E-state index in [0.29, 0.717) is 11.0 Å². The molecule has 0 radical (unpaired) electrons. The maximum absolute atomic E-state index is 5.87. The van der Waals surface area contributed by atoms with E-state index >= 15 is 0 Å². The fourth-order valence-electron chi connectivity index (χ4n) is 2.17. The normalized spacial score (nSPS) is 10.6. The number of nitrogens with two attached hydrogens (primary N) is 2. The molecule has 0 fully saturated rings. The Bertz CT molecular complexity index is 818. The van der Waals surface area contributed by atoms with Gasteiger partial charge in [-0.2, -0.15) is 4.98 Å². The molecule has 3 aromatic rings. The molecule has 2 aromatic heterocycles. The number of benzene rings is 1. The molecule has 0 saturated heterocycles. The number of anilines is 4. The predicted molar refractivity (Wildman–Crippen MR) is 87.2 cm³/mol. The van der Waals surface area contributed by atoms with Crippen LogP contribution < -0.4 is 21.1 Å². The third kappa shape index (κ3) is 2.44. The second-order valence-electron chi connectivity index (χ2n) is 4.76. The average molecular weight is 296 g/mol. The fraction of sp³-hybridized carbons (Fsp3) is 0.133. The lowest BCUT2D eigenvalue weighted by Crippen LogP contribution is -2.12. The zero-order chi connectivity index (χ0) is 15.7. The van der Waals surface area contributed by atoms with Crippen molar-refractivity contribution in [3.05, 3.63) is 36.4 Å². The van der Waals surface area contributed by atoms with Crippen molar-refractivity contribution in [3.8, 4) is 5.75 Å². The molecule has 0 aliphatic rings. The number of nitrogen functional groups attached to an aromatic ring is 2. The van der Waals surface area contributed by atoms with Crippen LogP contribution >= 0.6 is 0 Å². The summed E-state index contributed by atoms with van der Waals surface area (Å²) in [5, 5.41) is 0. The Kier molecular flexibility index (Phi) is 3.38. The van der Waals surface area contributed by atoms with Crippen molar-refractivity contribution < 1.29 is 4.74 Å². The number of hydrogen-bond acceptors (Lipinski definition) is 7. The molecule has 112 valence electrons. The van der Waals surface area contributed by atoms with Gasteiger partial charge in [-0.3, -0.25) is 0 Å². The lowest BCUT2D eigenvalue weighted by molar-refractivity contribution is 0.415. The van der Waals surface area contributed by atoms with Crippen molar-refractivity contribution in [1.29, 1.82) is 0 Å². The molecule has 2 heterocycles. The van der Waals surface area contributed by atoms with Gasteiger partial charge in [0.05, 0.1) is 12.6 Å². The van der Waals surface area contributed by atoms with Crippen LogP contribution in [0.25, 0.3) is 11.0 Å². The summed E-state index contributed by atoms with van der Waals surface area (Å²) in [5.41, 5.74) is 13.6. The molecule has 4 N–H and O–H groups in total. The molecular weight excluding hydrogens is 280 g/mol. The van der Waals surface area contributed by atoms with E-state index in [1.54, 1.807) is 7.11 Å². The van der Waals surface area contributed by atoms with Gasteiger partial charge in [0.1, 0.15) is 17.1 Å². The molecule has 0 amide bonds. The molecule has 0 aliphatic heterocycles. The summed E-state index contributed by atoms with van der Waals surface area (Å²) in [7, 11) is 3.56. The van der Waals surface area contributed by atoms with E-state index in [-0.39, 0.29) is 11.8 Å². The van der Waals surface area contributed by atoms with Gasteiger partial charge in [0, 0.05) is 12.7 Å². The predicted octanol–water partition coefficient (Wildman–Crippen LogP) is 1.97. The maximum atomic E-state index is 5.87. The molecule has 0 atom stereocenters. The topological polar surface area (TPSA) is 103 Å². The quantitative estimate of drug-likeness (QED) is 0.761. The van der Waals surface area contributed by atoms with Gasteiger partial charge in [0.25, 0.3) is 0 Å². The summed E-state index contributed by atoms with van der Waals surface area (Å²) >= 11 is 0. The summed E-state index contributed by atoms with van der Waals surface area (Å²) in [4.78, 5) is 14.5. The minimum atomic E-state index is 0.142. The van der Waals surface area contributed by atoms with E-state index < -0.39 is 0 Å². The van der Waals surface area contributed by atoms with Crippen molar-refractivity contribution in [1.82, 2.24) is 15.0 Å². The molecule has 0 spiro atoms. The van der Waals surface area contributed by atoms with Crippen LogP contribution in [0.2, 0.25) is 0 Å². The molecular formula is C15H16N6O. The minimum Gasteiger partial charge on any atom is -0.497 e. The lowest BCUT2D eigenvalue weighted by atomic mass is 10.2. The second-order valence-corrected chi connectivity index (χ2v) is 4.76. The number of nitrogens with zero attached hydrogens (tertiary/aromatic N) is 4. The summed E-state index contributed by atoms with van der Waals surface area (Å²) < 4.78 is 5.16. The van der Waals surface area contributed by atoms with Gasteiger partial charge in [-0.15, -0.1) is 0 Å². The van der Waals surface area contributed by atoms with Crippen molar-refractivity contribution in [2.75, 3.05) is 30.5 Å². The second kappa shape index (κ2) is 5.36.